The molecule has 0 aromatic heterocycles. The molecule has 3 rings (SSSR count). The normalized spacial score (nSPS) is 10.6. The minimum atomic E-state index is 0.785. The molecule has 0 radical (unpaired) electrons. The molecule has 0 heterocycles. The first-order valence-corrected chi connectivity index (χ1v) is 8.33. The molecule has 110 valence electrons. The minimum absolute atomic E-state index is 0.785. The van der Waals surface area contributed by atoms with E-state index in [-0.39, 0.29) is 0 Å². The summed E-state index contributed by atoms with van der Waals surface area (Å²) in [5, 5.41) is 0. The van der Waals surface area contributed by atoms with Crippen LogP contribution in [0.5, 0.6) is 0 Å². The zero-order chi connectivity index (χ0) is 15.4. The summed E-state index contributed by atoms with van der Waals surface area (Å²) in [5.41, 5.74) is 7.66. The van der Waals surface area contributed by atoms with Crippen LogP contribution in [0.4, 0.5) is 0 Å². The van der Waals surface area contributed by atoms with E-state index >= 15 is 0 Å². The molecule has 0 aliphatic heterocycles. The molecule has 3 aromatic carbocycles. The van der Waals surface area contributed by atoms with Crippen molar-refractivity contribution in [2.24, 2.45) is 0 Å². The smallest absolute Gasteiger partial charge is 0.0154 e. The molecule has 3 aromatic rings. The van der Waals surface area contributed by atoms with E-state index in [1.807, 2.05) is 0 Å². The number of benzene rings is 3. The van der Waals surface area contributed by atoms with E-state index in [9.17, 15) is 0 Å². The molecule has 0 saturated carbocycles. The molecule has 22 heavy (non-hydrogen) atoms. The Balaban J connectivity index is 1.84. The Hall–Kier alpha value is -1.99. The minimum Gasteiger partial charge on any atom is -0.175 e. The lowest BCUT2D eigenvalue weighted by atomic mass is 9.99. The molecule has 0 atom stereocenters. The molecule has 0 spiro atoms. The Morgan fingerprint density at radius 3 is 1.18 bits per heavy atom. The third-order valence-electron chi connectivity index (χ3n) is 4.05. The highest BCUT2D eigenvalue weighted by atomic mass is 32.1. The molecule has 0 saturated heterocycles. The van der Waals surface area contributed by atoms with Crippen LogP contribution in [-0.4, -0.2) is 0 Å². The van der Waals surface area contributed by atoms with Crippen LogP contribution in [0.15, 0.2) is 72.8 Å². The van der Waals surface area contributed by atoms with Crippen molar-refractivity contribution in [2.45, 2.75) is 19.1 Å². The first kappa shape index (κ1) is 14.9. The van der Waals surface area contributed by atoms with Crippen molar-refractivity contribution in [1.29, 1.82) is 0 Å². The summed E-state index contributed by atoms with van der Waals surface area (Å²) in [6.45, 7) is 2.18. The molecule has 0 N–H and O–H groups in total. The van der Waals surface area contributed by atoms with Crippen molar-refractivity contribution in [3.8, 4) is 22.3 Å². The topological polar surface area (TPSA) is 0 Å². The largest absolute Gasteiger partial charge is 0.175 e. The van der Waals surface area contributed by atoms with Crippen LogP contribution in [0.2, 0.25) is 0 Å². The van der Waals surface area contributed by atoms with Gasteiger partial charge >= 0.3 is 0 Å². The van der Waals surface area contributed by atoms with Crippen LogP contribution in [-0.2, 0) is 12.2 Å². The van der Waals surface area contributed by atoms with Gasteiger partial charge in [-0.15, -0.1) is 0 Å². The summed E-state index contributed by atoms with van der Waals surface area (Å²) in [6.07, 6.45) is 1.08. The quantitative estimate of drug-likeness (QED) is 0.560. The molecule has 0 amide bonds. The summed E-state index contributed by atoms with van der Waals surface area (Å²) >= 11 is 4.30. The van der Waals surface area contributed by atoms with Gasteiger partial charge < -0.3 is 0 Å². The molecule has 0 aliphatic carbocycles. The summed E-state index contributed by atoms with van der Waals surface area (Å²) in [6, 6.07) is 26.2. The molecule has 0 fully saturated rings. The summed E-state index contributed by atoms with van der Waals surface area (Å²) < 4.78 is 0. The van der Waals surface area contributed by atoms with E-state index in [0.29, 0.717) is 0 Å². The Labute approximate surface area is 138 Å². The average Bonchev–Trinajstić information content (AvgIpc) is 2.62. The molecular weight excluding hydrogens is 284 g/mol. The van der Waals surface area contributed by atoms with Crippen LogP contribution >= 0.6 is 12.6 Å². The lowest BCUT2D eigenvalue weighted by Crippen LogP contribution is -1.83. The molecule has 0 unspecified atom stereocenters. The summed E-state index contributed by atoms with van der Waals surface area (Å²) in [7, 11) is 0. The standard InChI is InChI=1S/C21H20S/c1-2-16-3-7-18(8-4-16)20-11-13-21(14-12-20)19-9-5-17(15-22)6-10-19/h3-14,22H,2,15H2,1H3. The Morgan fingerprint density at radius 2 is 0.864 bits per heavy atom. The van der Waals surface area contributed by atoms with Crippen molar-refractivity contribution in [2.75, 3.05) is 0 Å². The van der Waals surface area contributed by atoms with Crippen LogP contribution < -0.4 is 0 Å². The average molecular weight is 304 g/mol. The predicted octanol–water partition coefficient (Wildman–Crippen LogP) is 6.01. The van der Waals surface area contributed by atoms with Gasteiger partial charge in [-0.1, -0.05) is 79.7 Å². The van der Waals surface area contributed by atoms with Gasteiger partial charge in [0, 0.05) is 5.75 Å². The van der Waals surface area contributed by atoms with Gasteiger partial charge in [-0.05, 0) is 39.8 Å². The second-order valence-electron chi connectivity index (χ2n) is 5.48. The Bertz CT molecular complexity index is 656. The zero-order valence-corrected chi connectivity index (χ0v) is 13.7. The van der Waals surface area contributed by atoms with Crippen molar-refractivity contribution < 1.29 is 0 Å². The van der Waals surface area contributed by atoms with Crippen LogP contribution in [0.25, 0.3) is 22.3 Å². The molecule has 1 heteroatoms. The van der Waals surface area contributed by atoms with Crippen LogP contribution in [0, 0.1) is 0 Å². The molecular formula is C21H20S. The highest BCUT2D eigenvalue weighted by Crippen LogP contribution is 2.25. The first-order chi connectivity index (χ1) is 10.8. The van der Waals surface area contributed by atoms with Gasteiger partial charge in [-0.3, -0.25) is 0 Å². The Morgan fingerprint density at radius 1 is 0.545 bits per heavy atom. The van der Waals surface area contributed by atoms with E-state index < -0.39 is 0 Å². The predicted molar refractivity (Wildman–Crippen MR) is 99.4 cm³/mol. The number of hydrogen-bond donors (Lipinski definition) is 1. The fraction of sp³-hybridized carbons (Fsp3) is 0.143. The van der Waals surface area contributed by atoms with Gasteiger partial charge in [0.05, 0.1) is 0 Å². The number of thiol groups is 1. The zero-order valence-electron chi connectivity index (χ0n) is 12.8. The van der Waals surface area contributed by atoms with E-state index in [2.05, 4.69) is 92.3 Å². The highest BCUT2D eigenvalue weighted by Gasteiger charge is 2.01. The second kappa shape index (κ2) is 6.85. The lowest BCUT2D eigenvalue weighted by molar-refractivity contribution is 1.14. The van der Waals surface area contributed by atoms with E-state index in [4.69, 9.17) is 0 Å². The fourth-order valence-electron chi connectivity index (χ4n) is 2.59. The summed E-state index contributed by atoms with van der Waals surface area (Å²) in [5.74, 6) is 0.785. The van der Waals surface area contributed by atoms with Crippen molar-refractivity contribution in [3.63, 3.8) is 0 Å². The van der Waals surface area contributed by atoms with E-state index in [1.54, 1.807) is 0 Å². The maximum Gasteiger partial charge on any atom is 0.0154 e. The van der Waals surface area contributed by atoms with Gasteiger partial charge in [0.2, 0.25) is 0 Å². The van der Waals surface area contributed by atoms with Gasteiger partial charge in [-0.25, -0.2) is 0 Å². The highest BCUT2D eigenvalue weighted by molar-refractivity contribution is 7.79. The van der Waals surface area contributed by atoms with Crippen LogP contribution in [0.1, 0.15) is 18.1 Å². The van der Waals surface area contributed by atoms with E-state index in [0.717, 1.165) is 12.2 Å². The first-order valence-electron chi connectivity index (χ1n) is 7.69. The van der Waals surface area contributed by atoms with Crippen molar-refractivity contribution in [1.82, 2.24) is 0 Å². The number of rotatable bonds is 4. The van der Waals surface area contributed by atoms with Crippen LogP contribution in [0.3, 0.4) is 0 Å². The maximum atomic E-state index is 4.30. The van der Waals surface area contributed by atoms with Gasteiger partial charge in [-0.2, -0.15) is 12.6 Å². The number of aryl methyl sites for hydroxylation is 1. The van der Waals surface area contributed by atoms with Gasteiger partial charge in [0.15, 0.2) is 0 Å². The maximum absolute atomic E-state index is 4.30. The SMILES string of the molecule is CCc1ccc(-c2ccc(-c3ccc(CS)cc3)cc2)cc1. The van der Waals surface area contributed by atoms with Gasteiger partial charge in [0.1, 0.15) is 0 Å². The third kappa shape index (κ3) is 3.26. The van der Waals surface area contributed by atoms with E-state index in [1.165, 1.54) is 33.4 Å². The molecule has 0 bridgehead atoms. The van der Waals surface area contributed by atoms with Crippen molar-refractivity contribution in [3.05, 3.63) is 83.9 Å². The monoisotopic (exact) mass is 304 g/mol. The molecule has 0 aliphatic rings. The van der Waals surface area contributed by atoms with Gasteiger partial charge in [0.25, 0.3) is 0 Å². The molecule has 0 nitrogen and oxygen atoms in total. The second-order valence-corrected chi connectivity index (χ2v) is 5.80. The summed E-state index contributed by atoms with van der Waals surface area (Å²) in [4.78, 5) is 0. The third-order valence-corrected chi connectivity index (χ3v) is 4.42. The Kier molecular flexibility index (Phi) is 4.65. The lowest BCUT2D eigenvalue weighted by Gasteiger charge is -2.06. The fourth-order valence-corrected chi connectivity index (χ4v) is 2.80. The number of hydrogen-bond acceptors (Lipinski definition) is 1. The van der Waals surface area contributed by atoms with Crippen molar-refractivity contribution >= 4 is 12.6 Å².